The van der Waals surface area contributed by atoms with E-state index in [2.05, 4.69) is 21.4 Å². The van der Waals surface area contributed by atoms with Crippen LogP contribution in [0.3, 0.4) is 0 Å². The first-order valence-corrected chi connectivity index (χ1v) is 5.88. The number of anilines is 1. The second-order valence-corrected chi connectivity index (χ2v) is 4.21. The zero-order chi connectivity index (χ0) is 11.4. The van der Waals surface area contributed by atoms with E-state index in [-0.39, 0.29) is 0 Å². The number of methoxy groups -OCH3 is 1. The van der Waals surface area contributed by atoms with Gasteiger partial charge in [0.25, 0.3) is 0 Å². The van der Waals surface area contributed by atoms with E-state index in [4.69, 9.17) is 4.74 Å². The molecule has 1 aromatic rings. The number of aromatic nitrogens is 2. The van der Waals surface area contributed by atoms with Gasteiger partial charge in [-0.05, 0) is 19.3 Å². The van der Waals surface area contributed by atoms with Crippen molar-refractivity contribution in [2.45, 2.75) is 31.6 Å². The van der Waals surface area contributed by atoms with Gasteiger partial charge in [0.2, 0.25) is 0 Å². The van der Waals surface area contributed by atoms with Gasteiger partial charge in [-0.25, -0.2) is 9.97 Å². The fourth-order valence-corrected chi connectivity index (χ4v) is 1.72. The van der Waals surface area contributed by atoms with Crippen LogP contribution in [0.4, 0.5) is 5.82 Å². The molecule has 0 saturated heterocycles. The summed E-state index contributed by atoms with van der Waals surface area (Å²) in [6.07, 6.45) is 4.42. The highest BCUT2D eigenvalue weighted by Gasteiger charge is 2.25. The van der Waals surface area contributed by atoms with Crippen LogP contribution < -0.4 is 5.32 Å². The van der Waals surface area contributed by atoms with Gasteiger partial charge in [0, 0.05) is 44.9 Å². The molecule has 4 heteroatoms. The Kier molecular flexibility index (Phi) is 3.72. The van der Waals surface area contributed by atoms with Gasteiger partial charge in [0.1, 0.15) is 11.6 Å². The number of nitrogens with one attached hydrogen (secondary N) is 1. The third-order valence-corrected chi connectivity index (χ3v) is 2.79. The van der Waals surface area contributed by atoms with E-state index in [1.165, 1.54) is 18.5 Å². The molecule has 0 bridgehead atoms. The molecule has 1 aromatic heterocycles. The Balaban J connectivity index is 2.06. The predicted molar refractivity (Wildman–Crippen MR) is 63.8 cm³/mol. The average Bonchev–Trinajstić information content (AvgIpc) is 3.13. The fraction of sp³-hybridized carbons (Fsp3) is 0.667. The summed E-state index contributed by atoms with van der Waals surface area (Å²) in [5, 5.41) is 3.10. The molecule has 0 aliphatic heterocycles. The standard InChI is InChI=1S/C12H19N3O/c1-13-12-8-10(9-5-6-9)14-11(15-12)4-3-7-16-2/h8-9H,3-7H2,1-2H3,(H,13,14,15). The molecule has 1 saturated carbocycles. The smallest absolute Gasteiger partial charge is 0.131 e. The minimum Gasteiger partial charge on any atom is -0.385 e. The molecular weight excluding hydrogens is 202 g/mol. The van der Waals surface area contributed by atoms with Gasteiger partial charge in [0.05, 0.1) is 0 Å². The predicted octanol–water partition coefficient (Wildman–Crippen LogP) is 1.97. The van der Waals surface area contributed by atoms with Gasteiger partial charge in [-0.2, -0.15) is 0 Å². The van der Waals surface area contributed by atoms with Crippen molar-refractivity contribution in [3.8, 4) is 0 Å². The number of nitrogens with zero attached hydrogens (tertiary/aromatic N) is 2. The van der Waals surface area contributed by atoms with Gasteiger partial charge < -0.3 is 10.1 Å². The first kappa shape index (κ1) is 11.3. The van der Waals surface area contributed by atoms with Crippen molar-refractivity contribution < 1.29 is 4.74 Å². The molecule has 1 heterocycles. The summed E-state index contributed by atoms with van der Waals surface area (Å²) in [6, 6.07) is 2.07. The fourth-order valence-electron chi connectivity index (χ4n) is 1.72. The Bertz CT molecular complexity index is 350. The number of aryl methyl sites for hydroxylation is 1. The highest BCUT2D eigenvalue weighted by molar-refractivity contribution is 5.37. The van der Waals surface area contributed by atoms with Crippen molar-refractivity contribution in [1.82, 2.24) is 9.97 Å². The highest BCUT2D eigenvalue weighted by atomic mass is 16.5. The second kappa shape index (κ2) is 5.25. The summed E-state index contributed by atoms with van der Waals surface area (Å²) in [5.41, 5.74) is 1.20. The van der Waals surface area contributed by atoms with E-state index in [0.717, 1.165) is 31.1 Å². The molecule has 1 N–H and O–H groups in total. The Morgan fingerprint density at radius 2 is 2.25 bits per heavy atom. The lowest BCUT2D eigenvalue weighted by Gasteiger charge is -2.06. The van der Waals surface area contributed by atoms with Crippen molar-refractivity contribution in [2.75, 3.05) is 26.1 Å². The Morgan fingerprint density at radius 3 is 2.88 bits per heavy atom. The maximum Gasteiger partial charge on any atom is 0.131 e. The number of rotatable bonds is 6. The summed E-state index contributed by atoms with van der Waals surface area (Å²) in [5.74, 6) is 2.55. The summed E-state index contributed by atoms with van der Waals surface area (Å²) < 4.78 is 5.04. The molecule has 4 nitrogen and oxygen atoms in total. The summed E-state index contributed by atoms with van der Waals surface area (Å²) >= 11 is 0. The SMILES string of the molecule is CNc1cc(C2CC2)nc(CCCOC)n1. The van der Waals surface area contributed by atoms with Crippen LogP contribution in [0.2, 0.25) is 0 Å². The normalized spacial score (nSPS) is 15.1. The van der Waals surface area contributed by atoms with E-state index in [0.29, 0.717) is 5.92 Å². The lowest BCUT2D eigenvalue weighted by molar-refractivity contribution is 0.194. The third kappa shape index (κ3) is 2.92. The van der Waals surface area contributed by atoms with Gasteiger partial charge in [-0.15, -0.1) is 0 Å². The maximum atomic E-state index is 5.04. The second-order valence-electron chi connectivity index (χ2n) is 4.21. The highest BCUT2D eigenvalue weighted by Crippen LogP contribution is 2.39. The maximum absolute atomic E-state index is 5.04. The summed E-state index contributed by atoms with van der Waals surface area (Å²) in [7, 11) is 3.62. The van der Waals surface area contributed by atoms with Crippen molar-refractivity contribution in [1.29, 1.82) is 0 Å². The quantitative estimate of drug-likeness (QED) is 0.746. The van der Waals surface area contributed by atoms with E-state index >= 15 is 0 Å². The molecule has 0 aromatic carbocycles. The molecule has 0 atom stereocenters. The average molecular weight is 221 g/mol. The molecule has 0 unspecified atom stereocenters. The van der Waals surface area contributed by atoms with Crippen LogP contribution >= 0.6 is 0 Å². The van der Waals surface area contributed by atoms with Gasteiger partial charge >= 0.3 is 0 Å². The molecule has 2 rings (SSSR count). The number of hydrogen-bond donors (Lipinski definition) is 1. The number of ether oxygens (including phenoxy) is 1. The zero-order valence-electron chi connectivity index (χ0n) is 9.99. The lowest BCUT2D eigenvalue weighted by Crippen LogP contribution is -2.04. The van der Waals surface area contributed by atoms with Crippen molar-refractivity contribution in [3.63, 3.8) is 0 Å². The first-order chi connectivity index (χ1) is 7.83. The van der Waals surface area contributed by atoms with Crippen molar-refractivity contribution >= 4 is 5.82 Å². The van der Waals surface area contributed by atoms with Gasteiger partial charge in [-0.3, -0.25) is 0 Å². The summed E-state index contributed by atoms with van der Waals surface area (Å²) in [4.78, 5) is 9.06. The van der Waals surface area contributed by atoms with E-state index in [1.54, 1.807) is 7.11 Å². The first-order valence-electron chi connectivity index (χ1n) is 5.88. The molecular formula is C12H19N3O. The van der Waals surface area contributed by atoms with E-state index in [9.17, 15) is 0 Å². The van der Waals surface area contributed by atoms with Crippen LogP contribution in [0.1, 0.15) is 36.7 Å². The zero-order valence-corrected chi connectivity index (χ0v) is 9.99. The molecule has 1 aliphatic carbocycles. The lowest BCUT2D eigenvalue weighted by atomic mass is 10.2. The minimum atomic E-state index is 0.677. The molecule has 1 aliphatic rings. The van der Waals surface area contributed by atoms with Crippen LogP contribution in [0.25, 0.3) is 0 Å². The monoisotopic (exact) mass is 221 g/mol. The van der Waals surface area contributed by atoms with Crippen LogP contribution in [0.15, 0.2) is 6.07 Å². The van der Waals surface area contributed by atoms with Crippen LogP contribution in [-0.4, -0.2) is 30.7 Å². The van der Waals surface area contributed by atoms with E-state index < -0.39 is 0 Å². The molecule has 0 radical (unpaired) electrons. The third-order valence-electron chi connectivity index (χ3n) is 2.79. The minimum absolute atomic E-state index is 0.677. The van der Waals surface area contributed by atoms with Crippen molar-refractivity contribution in [3.05, 3.63) is 17.6 Å². The van der Waals surface area contributed by atoms with Crippen LogP contribution in [0.5, 0.6) is 0 Å². The summed E-state index contributed by atoms with van der Waals surface area (Å²) in [6.45, 7) is 0.770. The topological polar surface area (TPSA) is 47.0 Å². The van der Waals surface area contributed by atoms with Gasteiger partial charge in [-0.1, -0.05) is 0 Å². The van der Waals surface area contributed by atoms with Gasteiger partial charge in [0.15, 0.2) is 0 Å². The molecule has 1 fully saturated rings. The van der Waals surface area contributed by atoms with Crippen LogP contribution in [0, 0.1) is 0 Å². The van der Waals surface area contributed by atoms with Crippen molar-refractivity contribution in [2.24, 2.45) is 0 Å². The largest absolute Gasteiger partial charge is 0.385 e. The molecule has 0 amide bonds. The Hall–Kier alpha value is -1.16. The number of hydrogen-bond acceptors (Lipinski definition) is 4. The Labute approximate surface area is 96.4 Å². The van der Waals surface area contributed by atoms with E-state index in [1.807, 2.05) is 7.05 Å². The molecule has 0 spiro atoms. The Morgan fingerprint density at radius 1 is 1.44 bits per heavy atom. The molecule has 88 valence electrons. The van der Waals surface area contributed by atoms with Crippen LogP contribution in [-0.2, 0) is 11.2 Å². The molecule has 16 heavy (non-hydrogen) atoms.